The van der Waals surface area contributed by atoms with Crippen LogP contribution in [-0.2, 0) is 14.3 Å². The number of aliphatic hydroxyl groups excluding tert-OH is 2. The maximum Gasteiger partial charge on any atom is 0.248 e. The first-order valence-electron chi connectivity index (χ1n) is 13.2. The summed E-state index contributed by atoms with van der Waals surface area (Å²) in [5, 5.41) is 30.0. The lowest BCUT2D eigenvalue weighted by Gasteiger charge is -2.44. The molecule has 2 saturated heterocycles. The van der Waals surface area contributed by atoms with Gasteiger partial charge in [-0.1, -0.05) is 40.2 Å². The molecule has 2 fully saturated rings. The van der Waals surface area contributed by atoms with E-state index in [-0.39, 0.29) is 23.8 Å². The number of amides is 1. The molecule has 9 nitrogen and oxygen atoms in total. The summed E-state index contributed by atoms with van der Waals surface area (Å²) in [6, 6.07) is 5.41. The van der Waals surface area contributed by atoms with Gasteiger partial charge in [-0.3, -0.25) is 4.79 Å². The van der Waals surface area contributed by atoms with Crippen molar-refractivity contribution in [2.75, 3.05) is 26.3 Å². The van der Waals surface area contributed by atoms with Crippen LogP contribution in [0.2, 0.25) is 10.0 Å². The van der Waals surface area contributed by atoms with E-state index in [0.29, 0.717) is 28.0 Å². The van der Waals surface area contributed by atoms with E-state index in [1.807, 2.05) is 0 Å². The number of carbonyl (C=O) groups excluding carboxylic acids is 1. The van der Waals surface area contributed by atoms with E-state index in [9.17, 15) is 28.2 Å². The number of ether oxygens (including phenoxy) is 2. The number of hydrogen-bond donors (Lipinski definition) is 2. The second kappa shape index (κ2) is 13.5. The molecule has 0 radical (unpaired) electrons. The molecule has 42 heavy (non-hydrogen) atoms. The van der Waals surface area contributed by atoms with E-state index >= 15 is 0 Å². The van der Waals surface area contributed by atoms with Crippen molar-refractivity contribution < 1.29 is 37.7 Å². The van der Waals surface area contributed by atoms with Crippen LogP contribution >= 0.6 is 35.0 Å². The van der Waals surface area contributed by atoms with Crippen LogP contribution < -0.4 is 0 Å². The van der Waals surface area contributed by atoms with Gasteiger partial charge < -0.3 is 24.6 Å². The summed E-state index contributed by atoms with van der Waals surface area (Å²) in [5.41, 5.74) is -0.989. The van der Waals surface area contributed by atoms with Crippen LogP contribution in [-0.4, -0.2) is 86.1 Å². The Bertz CT molecular complexity index is 1410. The highest BCUT2D eigenvalue weighted by atomic mass is 35.5. The molecule has 0 unspecified atom stereocenters. The molecule has 1 aromatic heterocycles. The van der Waals surface area contributed by atoms with E-state index in [4.69, 9.17) is 32.7 Å². The minimum Gasteiger partial charge on any atom is -0.394 e. The van der Waals surface area contributed by atoms with Crippen molar-refractivity contribution in [1.29, 1.82) is 0 Å². The first-order valence-corrected chi connectivity index (χ1v) is 14.8. The molecule has 2 aromatic carbocycles. The monoisotopic (exact) mass is 646 g/mol. The zero-order chi connectivity index (χ0) is 30.0. The molecule has 2 aliphatic rings. The van der Waals surface area contributed by atoms with Gasteiger partial charge in [-0.25, -0.2) is 17.9 Å². The Kier molecular flexibility index (Phi) is 9.98. The quantitative estimate of drug-likeness (QED) is 0.345. The van der Waals surface area contributed by atoms with Gasteiger partial charge in [-0.05, 0) is 49.6 Å². The molecular formula is C27H27Cl2F3N4O5S. The average Bonchev–Trinajstić information content (AvgIpc) is 3.47. The van der Waals surface area contributed by atoms with E-state index < -0.39 is 53.8 Å². The molecule has 0 aliphatic carbocycles. The van der Waals surface area contributed by atoms with Gasteiger partial charge in [0.05, 0.1) is 22.8 Å². The van der Waals surface area contributed by atoms with Crippen molar-refractivity contribution in [1.82, 2.24) is 19.9 Å². The number of aromatic nitrogens is 3. The third-order valence-electron chi connectivity index (χ3n) is 7.17. The Morgan fingerprint density at radius 2 is 1.81 bits per heavy atom. The standard InChI is InChI=1S/C27H27Cl2F3N4O5S/c28-16-5-4-15(10-17(16)29)42-27-26(40-13-22(38)35-6-2-1-3-7-35)24(25(39)21(12-37)41-27)36-11-20(33-34-36)14-8-18(30)23(32)19(31)9-14/h4-5,8-11,21,24-27,37,39H,1-3,6-7,12-13H2/t21-,24+,25+,26-,27-/m1/s1. The number of benzene rings is 2. The molecule has 0 spiro atoms. The minimum absolute atomic E-state index is 0.0103. The molecule has 3 heterocycles. The molecule has 0 bridgehead atoms. The fourth-order valence-corrected chi connectivity index (χ4v) is 6.52. The van der Waals surface area contributed by atoms with Crippen molar-refractivity contribution in [3.63, 3.8) is 0 Å². The molecular weight excluding hydrogens is 620 g/mol. The highest BCUT2D eigenvalue weighted by molar-refractivity contribution is 7.99. The van der Waals surface area contributed by atoms with Gasteiger partial charge >= 0.3 is 0 Å². The predicted octanol–water partition coefficient (Wildman–Crippen LogP) is 4.48. The highest BCUT2D eigenvalue weighted by Crippen LogP contribution is 2.41. The van der Waals surface area contributed by atoms with Gasteiger partial charge in [-0.15, -0.1) is 5.10 Å². The second-order valence-corrected chi connectivity index (χ2v) is 11.9. The molecule has 1 amide bonds. The third kappa shape index (κ3) is 6.72. The van der Waals surface area contributed by atoms with Crippen molar-refractivity contribution in [2.24, 2.45) is 0 Å². The molecule has 0 saturated carbocycles. The number of carbonyl (C=O) groups is 1. The smallest absolute Gasteiger partial charge is 0.248 e. The number of halogens is 5. The zero-order valence-electron chi connectivity index (χ0n) is 22.0. The van der Waals surface area contributed by atoms with Crippen molar-refractivity contribution >= 4 is 40.9 Å². The number of rotatable bonds is 8. The summed E-state index contributed by atoms with van der Waals surface area (Å²) in [6.45, 7) is 0.336. The lowest BCUT2D eigenvalue weighted by atomic mass is 9.97. The molecule has 5 atom stereocenters. The Morgan fingerprint density at radius 3 is 2.48 bits per heavy atom. The number of aliphatic hydroxyl groups is 2. The number of nitrogens with zero attached hydrogens (tertiary/aromatic N) is 4. The van der Waals surface area contributed by atoms with Gasteiger partial charge in [0.15, 0.2) is 17.5 Å². The summed E-state index contributed by atoms with van der Waals surface area (Å²) in [4.78, 5) is 15.3. The fraction of sp³-hybridized carbons (Fsp3) is 0.444. The number of thioether (sulfide) groups is 1. The number of likely N-dealkylation sites (tertiary alicyclic amines) is 1. The lowest BCUT2D eigenvalue weighted by molar-refractivity contribution is -0.195. The number of piperidine rings is 1. The van der Waals surface area contributed by atoms with E-state index in [1.165, 1.54) is 22.6 Å². The Morgan fingerprint density at radius 1 is 1.10 bits per heavy atom. The molecule has 226 valence electrons. The van der Waals surface area contributed by atoms with Crippen LogP contribution in [0.1, 0.15) is 25.3 Å². The molecule has 2 aliphatic heterocycles. The lowest BCUT2D eigenvalue weighted by Crippen LogP contribution is -2.56. The summed E-state index contributed by atoms with van der Waals surface area (Å²) < 4.78 is 54.8. The first kappa shape index (κ1) is 31.0. The van der Waals surface area contributed by atoms with Gasteiger partial charge in [0, 0.05) is 23.5 Å². The fourth-order valence-electron chi connectivity index (χ4n) is 4.98. The summed E-state index contributed by atoms with van der Waals surface area (Å²) in [6.07, 6.45) is 0.598. The van der Waals surface area contributed by atoms with Crippen molar-refractivity contribution in [2.45, 2.75) is 53.9 Å². The van der Waals surface area contributed by atoms with E-state index in [2.05, 4.69) is 10.3 Å². The summed E-state index contributed by atoms with van der Waals surface area (Å²) >= 11 is 13.4. The van der Waals surface area contributed by atoms with Gasteiger partial charge in [0.1, 0.15) is 42.1 Å². The predicted molar refractivity (Wildman–Crippen MR) is 149 cm³/mol. The van der Waals surface area contributed by atoms with Crippen LogP contribution in [0, 0.1) is 17.5 Å². The van der Waals surface area contributed by atoms with Crippen LogP contribution in [0.3, 0.4) is 0 Å². The first-order chi connectivity index (χ1) is 20.2. The number of hydrogen-bond acceptors (Lipinski definition) is 8. The Hall–Kier alpha value is -2.39. The van der Waals surface area contributed by atoms with Crippen LogP contribution in [0.25, 0.3) is 11.3 Å². The zero-order valence-corrected chi connectivity index (χ0v) is 24.3. The van der Waals surface area contributed by atoms with Crippen LogP contribution in [0.15, 0.2) is 41.4 Å². The van der Waals surface area contributed by atoms with E-state index in [1.54, 1.807) is 23.1 Å². The van der Waals surface area contributed by atoms with Gasteiger partial charge in [0.25, 0.3) is 0 Å². The largest absolute Gasteiger partial charge is 0.394 e. The van der Waals surface area contributed by atoms with Gasteiger partial charge in [-0.2, -0.15) is 0 Å². The average molecular weight is 648 g/mol. The summed E-state index contributed by atoms with van der Waals surface area (Å²) in [7, 11) is 0. The second-order valence-electron chi connectivity index (χ2n) is 9.96. The molecule has 2 N–H and O–H groups in total. The maximum absolute atomic E-state index is 13.9. The highest BCUT2D eigenvalue weighted by Gasteiger charge is 2.48. The normalized spacial score (nSPS) is 24.6. The van der Waals surface area contributed by atoms with Crippen molar-refractivity contribution in [3.05, 3.63) is 64.0 Å². The van der Waals surface area contributed by atoms with Crippen LogP contribution in [0.5, 0.6) is 0 Å². The SMILES string of the molecule is O=C(CO[C@@H]1[C@@H](n2cc(-c3cc(F)c(F)c(F)c3)nn2)[C@@H](O)[C@@H](CO)O[C@@H]1Sc1ccc(Cl)c(Cl)c1)N1CCCCC1. The van der Waals surface area contributed by atoms with Crippen molar-refractivity contribution in [3.8, 4) is 11.3 Å². The minimum atomic E-state index is -1.62. The Balaban J connectivity index is 1.48. The summed E-state index contributed by atoms with van der Waals surface area (Å²) in [5.74, 6) is -4.66. The van der Waals surface area contributed by atoms with Gasteiger partial charge in [0.2, 0.25) is 5.91 Å². The maximum atomic E-state index is 13.9. The molecule has 15 heteroatoms. The topological polar surface area (TPSA) is 110 Å². The Labute approximate surface area is 253 Å². The van der Waals surface area contributed by atoms with Crippen LogP contribution in [0.4, 0.5) is 13.2 Å². The molecule has 3 aromatic rings. The molecule has 5 rings (SSSR count). The third-order valence-corrected chi connectivity index (χ3v) is 9.05. The van der Waals surface area contributed by atoms with E-state index in [0.717, 1.165) is 31.4 Å².